The number of nitrogens with one attached hydrogen (secondary N) is 1. The van der Waals surface area contributed by atoms with Crippen LogP contribution in [0.5, 0.6) is 11.5 Å². The fourth-order valence-electron chi connectivity index (χ4n) is 2.35. The van der Waals surface area contributed by atoms with E-state index in [9.17, 15) is 14.4 Å². The minimum Gasteiger partial charge on any atom is -0.465 e. The van der Waals surface area contributed by atoms with Crippen LogP contribution in [0.2, 0.25) is 0 Å². The monoisotopic (exact) mass is 385 g/mol. The van der Waals surface area contributed by atoms with E-state index in [1.807, 2.05) is 13.8 Å². The zero-order valence-corrected chi connectivity index (χ0v) is 16.3. The molecule has 1 N–H and O–H groups in total. The lowest BCUT2D eigenvalue weighted by Gasteiger charge is -2.12. The van der Waals surface area contributed by atoms with Crippen molar-refractivity contribution < 1.29 is 28.6 Å². The van der Waals surface area contributed by atoms with Crippen LogP contribution in [0.25, 0.3) is 0 Å². The maximum absolute atomic E-state index is 12.0. The molecule has 7 heteroatoms. The summed E-state index contributed by atoms with van der Waals surface area (Å²) < 4.78 is 15.1. The van der Waals surface area contributed by atoms with Crippen LogP contribution in [0.15, 0.2) is 42.5 Å². The Labute approximate surface area is 163 Å². The molecule has 0 fully saturated rings. The molecule has 0 aliphatic rings. The SMILES string of the molecule is CC[C@H](C)C(=O)Nc1ccc(Oc2ccc(C(=O)OC)c(C(=O)OC)c2)cc1. The smallest absolute Gasteiger partial charge is 0.338 e. The van der Waals surface area contributed by atoms with Gasteiger partial charge in [0, 0.05) is 11.6 Å². The molecule has 0 aromatic heterocycles. The summed E-state index contributed by atoms with van der Waals surface area (Å²) in [5.74, 6) is -0.576. The Morgan fingerprint density at radius 3 is 2.04 bits per heavy atom. The molecular weight excluding hydrogens is 362 g/mol. The Morgan fingerprint density at radius 1 is 0.893 bits per heavy atom. The molecule has 0 heterocycles. The van der Waals surface area contributed by atoms with Gasteiger partial charge in [-0.25, -0.2) is 9.59 Å². The van der Waals surface area contributed by atoms with E-state index in [4.69, 9.17) is 9.47 Å². The quantitative estimate of drug-likeness (QED) is 0.724. The van der Waals surface area contributed by atoms with Crippen LogP contribution < -0.4 is 10.1 Å². The molecular formula is C21H23NO6. The van der Waals surface area contributed by atoms with Gasteiger partial charge in [0.1, 0.15) is 11.5 Å². The largest absolute Gasteiger partial charge is 0.465 e. The van der Waals surface area contributed by atoms with Gasteiger partial charge in [-0.1, -0.05) is 13.8 Å². The van der Waals surface area contributed by atoms with E-state index in [1.165, 1.54) is 26.4 Å². The molecule has 0 saturated heterocycles. The lowest BCUT2D eigenvalue weighted by atomic mass is 10.1. The van der Waals surface area contributed by atoms with E-state index in [0.29, 0.717) is 17.2 Å². The van der Waals surface area contributed by atoms with Crippen molar-refractivity contribution in [1.29, 1.82) is 0 Å². The molecule has 2 aromatic carbocycles. The second-order valence-electron chi connectivity index (χ2n) is 6.12. The Bertz CT molecular complexity index is 860. The van der Waals surface area contributed by atoms with E-state index in [1.54, 1.807) is 30.3 Å². The number of amides is 1. The predicted octanol–water partition coefficient (Wildman–Crippen LogP) is 4.04. The van der Waals surface area contributed by atoms with Gasteiger partial charge in [-0.15, -0.1) is 0 Å². The van der Waals surface area contributed by atoms with Crippen molar-refractivity contribution in [2.75, 3.05) is 19.5 Å². The molecule has 0 aliphatic carbocycles. The Morgan fingerprint density at radius 2 is 1.46 bits per heavy atom. The van der Waals surface area contributed by atoms with Gasteiger partial charge in [0.25, 0.3) is 0 Å². The second-order valence-corrected chi connectivity index (χ2v) is 6.12. The third-order valence-corrected chi connectivity index (χ3v) is 4.22. The molecule has 2 aromatic rings. The van der Waals surface area contributed by atoms with Gasteiger partial charge < -0.3 is 19.5 Å². The molecule has 0 spiro atoms. The fourth-order valence-corrected chi connectivity index (χ4v) is 2.35. The van der Waals surface area contributed by atoms with Crippen LogP contribution in [0.1, 0.15) is 41.0 Å². The highest BCUT2D eigenvalue weighted by Crippen LogP contribution is 2.26. The summed E-state index contributed by atoms with van der Waals surface area (Å²) in [7, 11) is 2.46. The van der Waals surface area contributed by atoms with E-state index < -0.39 is 11.9 Å². The average Bonchev–Trinajstić information content (AvgIpc) is 2.73. The summed E-state index contributed by atoms with van der Waals surface area (Å²) >= 11 is 0. The first kappa shape index (κ1) is 21.0. The summed E-state index contributed by atoms with van der Waals surface area (Å²) in [5, 5.41) is 2.83. The van der Waals surface area contributed by atoms with Gasteiger partial charge in [-0.05, 0) is 48.9 Å². The number of hydrogen-bond acceptors (Lipinski definition) is 6. The number of ether oxygens (including phenoxy) is 3. The van der Waals surface area contributed by atoms with Gasteiger partial charge in [0.2, 0.25) is 5.91 Å². The maximum atomic E-state index is 12.0. The second kappa shape index (κ2) is 9.55. The van der Waals surface area contributed by atoms with Crippen molar-refractivity contribution in [2.24, 2.45) is 5.92 Å². The zero-order valence-electron chi connectivity index (χ0n) is 16.3. The third-order valence-electron chi connectivity index (χ3n) is 4.22. The van der Waals surface area contributed by atoms with Crippen LogP contribution in [-0.2, 0) is 14.3 Å². The van der Waals surface area contributed by atoms with Crippen molar-refractivity contribution in [3.63, 3.8) is 0 Å². The number of carbonyl (C=O) groups is 3. The molecule has 0 saturated carbocycles. The van der Waals surface area contributed by atoms with Crippen LogP contribution in [0.3, 0.4) is 0 Å². The number of rotatable bonds is 7. The zero-order chi connectivity index (χ0) is 20.7. The summed E-state index contributed by atoms with van der Waals surface area (Å²) in [5.41, 5.74) is 0.794. The normalized spacial score (nSPS) is 11.3. The highest BCUT2D eigenvalue weighted by Gasteiger charge is 2.19. The lowest BCUT2D eigenvalue weighted by Crippen LogP contribution is -2.19. The third kappa shape index (κ3) is 5.09. The van der Waals surface area contributed by atoms with E-state index >= 15 is 0 Å². The number of methoxy groups -OCH3 is 2. The van der Waals surface area contributed by atoms with Gasteiger partial charge in [0.15, 0.2) is 0 Å². The van der Waals surface area contributed by atoms with Crippen molar-refractivity contribution in [3.8, 4) is 11.5 Å². The van der Waals surface area contributed by atoms with E-state index in [2.05, 4.69) is 10.1 Å². The van der Waals surface area contributed by atoms with E-state index in [0.717, 1.165) is 6.42 Å². The summed E-state index contributed by atoms with van der Waals surface area (Å²) in [6, 6.07) is 11.2. The molecule has 7 nitrogen and oxygen atoms in total. The number of benzene rings is 2. The fraction of sp³-hybridized carbons (Fsp3) is 0.286. The maximum Gasteiger partial charge on any atom is 0.338 e. The molecule has 0 radical (unpaired) electrons. The first-order chi connectivity index (χ1) is 13.4. The number of esters is 2. The van der Waals surface area contributed by atoms with Crippen molar-refractivity contribution in [3.05, 3.63) is 53.6 Å². The van der Waals surface area contributed by atoms with Crippen LogP contribution >= 0.6 is 0 Å². The molecule has 28 heavy (non-hydrogen) atoms. The molecule has 0 bridgehead atoms. The highest BCUT2D eigenvalue weighted by atomic mass is 16.5. The predicted molar refractivity (Wildman–Crippen MR) is 104 cm³/mol. The summed E-state index contributed by atoms with van der Waals surface area (Å²) in [4.78, 5) is 35.7. The molecule has 1 atom stereocenters. The molecule has 148 valence electrons. The van der Waals surface area contributed by atoms with Crippen molar-refractivity contribution in [1.82, 2.24) is 0 Å². The number of anilines is 1. The van der Waals surface area contributed by atoms with Crippen LogP contribution in [0, 0.1) is 5.92 Å². The van der Waals surface area contributed by atoms with Crippen molar-refractivity contribution >= 4 is 23.5 Å². The Balaban J connectivity index is 2.18. The van der Waals surface area contributed by atoms with Crippen molar-refractivity contribution in [2.45, 2.75) is 20.3 Å². The molecule has 2 rings (SSSR count). The van der Waals surface area contributed by atoms with Crippen LogP contribution in [0.4, 0.5) is 5.69 Å². The molecule has 0 unspecified atom stereocenters. The lowest BCUT2D eigenvalue weighted by molar-refractivity contribution is -0.119. The Hall–Kier alpha value is -3.35. The Kier molecular flexibility index (Phi) is 7.14. The van der Waals surface area contributed by atoms with Gasteiger partial charge >= 0.3 is 11.9 Å². The average molecular weight is 385 g/mol. The molecule has 1 amide bonds. The number of carbonyl (C=O) groups excluding carboxylic acids is 3. The van der Waals surface area contributed by atoms with Gasteiger partial charge in [0.05, 0.1) is 25.3 Å². The minimum absolute atomic E-state index is 0.0442. The minimum atomic E-state index is -0.672. The first-order valence-electron chi connectivity index (χ1n) is 8.79. The highest BCUT2D eigenvalue weighted by molar-refractivity contribution is 6.03. The summed E-state index contributed by atoms with van der Waals surface area (Å²) in [6.45, 7) is 3.82. The van der Waals surface area contributed by atoms with E-state index in [-0.39, 0.29) is 23.0 Å². The van der Waals surface area contributed by atoms with Gasteiger partial charge in [-0.2, -0.15) is 0 Å². The number of hydrogen-bond donors (Lipinski definition) is 1. The first-order valence-corrected chi connectivity index (χ1v) is 8.79. The topological polar surface area (TPSA) is 90.9 Å². The standard InChI is InChI=1S/C21H23NO6/c1-5-13(2)19(23)22-14-6-8-15(9-7-14)28-16-10-11-17(20(24)26-3)18(12-16)21(25)27-4/h6-13H,5H2,1-4H3,(H,22,23)/t13-/m0/s1. The summed E-state index contributed by atoms with van der Waals surface area (Å²) in [6.07, 6.45) is 0.761. The van der Waals surface area contributed by atoms with Gasteiger partial charge in [-0.3, -0.25) is 4.79 Å². The molecule has 0 aliphatic heterocycles. The van der Waals surface area contributed by atoms with Crippen LogP contribution in [-0.4, -0.2) is 32.1 Å².